The molecule has 0 aromatic heterocycles. The molecule has 0 radical (unpaired) electrons. The van der Waals surface area contributed by atoms with Crippen molar-refractivity contribution in [3.63, 3.8) is 0 Å². The van der Waals surface area contributed by atoms with Crippen LogP contribution in [0.1, 0.15) is 52.4 Å². The minimum Gasteiger partial charge on any atom is -0.311 e. The van der Waals surface area contributed by atoms with Crippen LogP contribution in [0.2, 0.25) is 0 Å². The second-order valence-electron chi connectivity index (χ2n) is 5.80. The van der Waals surface area contributed by atoms with Crippen molar-refractivity contribution in [2.75, 3.05) is 20.6 Å². The van der Waals surface area contributed by atoms with Crippen LogP contribution in [0.5, 0.6) is 0 Å². The molecule has 0 spiro atoms. The lowest BCUT2D eigenvalue weighted by atomic mass is 9.84. The Hall–Kier alpha value is -0.0800. The maximum atomic E-state index is 3.81. The fourth-order valence-electron chi connectivity index (χ4n) is 2.75. The molecule has 1 N–H and O–H groups in total. The Morgan fingerprint density at radius 1 is 1.31 bits per heavy atom. The summed E-state index contributed by atoms with van der Waals surface area (Å²) in [5, 5.41) is 3.81. The van der Waals surface area contributed by atoms with Crippen LogP contribution in [-0.2, 0) is 0 Å². The van der Waals surface area contributed by atoms with Gasteiger partial charge in [0.25, 0.3) is 0 Å². The van der Waals surface area contributed by atoms with Crippen LogP contribution in [0.4, 0.5) is 0 Å². The molecule has 1 aliphatic carbocycles. The fourth-order valence-corrected chi connectivity index (χ4v) is 2.75. The summed E-state index contributed by atoms with van der Waals surface area (Å²) in [5.41, 5.74) is 0. The molecule has 0 bridgehead atoms. The molecule has 2 nitrogen and oxygen atoms in total. The lowest BCUT2D eigenvalue weighted by Gasteiger charge is -2.31. The van der Waals surface area contributed by atoms with E-state index in [0.29, 0.717) is 6.04 Å². The van der Waals surface area contributed by atoms with Crippen LogP contribution < -0.4 is 5.32 Å². The first-order valence-electron chi connectivity index (χ1n) is 7.02. The molecule has 3 atom stereocenters. The van der Waals surface area contributed by atoms with Crippen LogP contribution in [0.15, 0.2) is 0 Å². The van der Waals surface area contributed by atoms with Crippen molar-refractivity contribution in [2.24, 2.45) is 5.92 Å². The standard InChI is InChI=1S/C14H30N2/c1-5-13-7-6-8-14(11-13)15-12(2)9-10-16(3)4/h12-15H,5-11H2,1-4H3. The summed E-state index contributed by atoms with van der Waals surface area (Å²) < 4.78 is 0. The molecule has 0 amide bonds. The zero-order valence-electron chi connectivity index (χ0n) is 11.6. The van der Waals surface area contributed by atoms with Gasteiger partial charge in [0.2, 0.25) is 0 Å². The van der Waals surface area contributed by atoms with Gasteiger partial charge in [-0.3, -0.25) is 0 Å². The summed E-state index contributed by atoms with van der Waals surface area (Å²) in [5.74, 6) is 0.979. The average molecular weight is 226 g/mol. The molecular weight excluding hydrogens is 196 g/mol. The van der Waals surface area contributed by atoms with E-state index in [2.05, 4.69) is 38.2 Å². The molecular formula is C14H30N2. The van der Waals surface area contributed by atoms with E-state index in [1.807, 2.05) is 0 Å². The van der Waals surface area contributed by atoms with Gasteiger partial charge in [-0.15, -0.1) is 0 Å². The SMILES string of the molecule is CCC1CCCC(NC(C)CCN(C)C)C1. The first kappa shape index (κ1) is 14.0. The summed E-state index contributed by atoms with van der Waals surface area (Å²) in [7, 11) is 4.31. The van der Waals surface area contributed by atoms with Crippen molar-refractivity contribution in [2.45, 2.75) is 64.5 Å². The Balaban J connectivity index is 2.19. The molecule has 0 heterocycles. The summed E-state index contributed by atoms with van der Waals surface area (Å²) >= 11 is 0. The third kappa shape index (κ3) is 5.31. The van der Waals surface area contributed by atoms with E-state index in [9.17, 15) is 0 Å². The normalized spacial score (nSPS) is 28.3. The third-order valence-corrected chi connectivity index (χ3v) is 3.89. The van der Waals surface area contributed by atoms with Gasteiger partial charge in [-0.1, -0.05) is 26.2 Å². The number of rotatable bonds is 6. The van der Waals surface area contributed by atoms with Gasteiger partial charge in [0, 0.05) is 12.1 Å². The van der Waals surface area contributed by atoms with Gasteiger partial charge in [-0.05, 0) is 52.7 Å². The van der Waals surface area contributed by atoms with Gasteiger partial charge in [0.05, 0.1) is 0 Å². The first-order chi connectivity index (χ1) is 7.61. The molecule has 1 fully saturated rings. The Labute approximate surface area is 102 Å². The number of hydrogen-bond donors (Lipinski definition) is 1. The minimum atomic E-state index is 0.669. The summed E-state index contributed by atoms with van der Waals surface area (Å²) in [6.45, 7) is 5.86. The van der Waals surface area contributed by atoms with E-state index in [-0.39, 0.29) is 0 Å². The molecule has 16 heavy (non-hydrogen) atoms. The highest BCUT2D eigenvalue weighted by atomic mass is 15.1. The van der Waals surface area contributed by atoms with Crippen LogP contribution >= 0.6 is 0 Å². The third-order valence-electron chi connectivity index (χ3n) is 3.89. The zero-order valence-corrected chi connectivity index (χ0v) is 11.6. The van der Waals surface area contributed by atoms with Crippen molar-refractivity contribution in [3.05, 3.63) is 0 Å². The van der Waals surface area contributed by atoms with Crippen LogP contribution in [0, 0.1) is 5.92 Å². The predicted molar refractivity (Wildman–Crippen MR) is 71.8 cm³/mol. The minimum absolute atomic E-state index is 0.669. The largest absolute Gasteiger partial charge is 0.311 e. The van der Waals surface area contributed by atoms with Crippen molar-refractivity contribution in [1.82, 2.24) is 10.2 Å². The van der Waals surface area contributed by atoms with Gasteiger partial charge < -0.3 is 10.2 Å². The quantitative estimate of drug-likeness (QED) is 0.749. The Bertz CT molecular complexity index is 180. The summed E-state index contributed by atoms with van der Waals surface area (Å²) in [6.07, 6.45) is 8.31. The van der Waals surface area contributed by atoms with E-state index >= 15 is 0 Å². The highest BCUT2D eigenvalue weighted by Gasteiger charge is 2.21. The fraction of sp³-hybridized carbons (Fsp3) is 1.00. The lowest BCUT2D eigenvalue weighted by Crippen LogP contribution is -2.40. The molecule has 3 unspecified atom stereocenters. The van der Waals surface area contributed by atoms with Crippen molar-refractivity contribution >= 4 is 0 Å². The van der Waals surface area contributed by atoms with E-state index in [4.69, 9.17) is 0 Å². The molecule has 1 aliphatic rings. The van der Waals surface area contributed by atoms with Crippen LogP contribution in [0.3, 0.4) is 0 Å². The van der Waals surface area contributed by atoms with Crippen LogP contribution in [-0.4, -0.2) is 37.6 Å². The monoisotopic (exact) mass is 226 g/mol. The van der Waals surface area contributed by atoms with E-state index in [0.717, 1.165) is 12.0 Å². The highest BCUT2D eigenvalue weighted by molar-refractivity contribution is 4.79. The Kier molecular flexibility index (Phi) is 6.37. The summed E-state index contributed by atoms with van der Waals surface area (Å²) in [4.78, 5) is 2.27. The predicted octanol–water partition coefficient (Wildman–Crippen LogP) is 2.89. The van der Waals surface area contributed by atoms with Crippen molar-refractivity contribution in [1.29, 1.82) is 0 Å². The van der Waals surface area contributed by atoms with Crippen molar-refractivity contribution < 1.29 is 0 Å². The smallest absolute Gasteiger partial charge is 0.00721 e. The molecule has 1 rings (SSSR count). The second kappa shape index (κ2) is 7.29. The average Bonchev–Trinajstić information content (AvgIpc) is 2.26. The van der Waals surface area contributed by atoms with E-state index in [1.54, 1.807) is 0 Å². The molecule has 1 saturated carbocycles. The highest BCUT2D eigenvalue weighted by Crippen LogP contribution is 2.26. The molecule has 0 aromatic carbocycles. The maximum absolute atomic E-state index is 3.81. The summed E-state index contributed by atoms with van der Waals surface area (Å²) in [6, 6.07) is 1.46. The second-order valence-corrected chi connectivity index (χ2v) is 5.80. The number of nitrogens with one attached hydrogen (secondary N) is 1. The van der Waals surface area contributed by atoms with Crippen LogP contribution in [0.25, 0.3) is 0 Å². The van der Waals surface area contributed by atoms with E-state index < -0.39 is 0 Å². The molecule has 0 aromatic rings. The molecule has 0 aliphatic heterocycles. The lowest BCUT2D eigenvalue weighted by molar-refractivity contribution is 0.255. The van der Waals surface area contributed by atoms with Gasteiger partial charge in [-0.25, -0.2) is 0 Å². The molecule has 2 heteroatoms. The molecule has 0 saturated heterocycles. The van der Waals surface area contributed by atoms with Gasteiger partial charge >= 0.3 is 0 Å². The zero-order chi connectivity index (χ0) is 12.0. The van der Waals surface area contributed by atoms with Gasteiger partial charge in [0.1, 0.15) is 0 Å². The van der Waals surface area contributed by atoms with Crippen molar-refractivity contribution in [3.8, 4) is 0 Å². The van der Waals surface area contributed by atoms with E-state index in [1.165, 1.54) is 45.1 Å². The molecule has 96 valence electrons. The Morgan fingerprint density at radius 2 is 2.06 bits per heavy atom. The maximum Gasteiger partial charge on any atom is 0.00721 e. The Morgan fingerprint density at radius 3 is 2.69 bits per heavy atom. The van der Waals surface area contributed by atoms with Gasteiger partial charge in [0.15, 0.2) is 0 Å². The number of hydrogen-bond acceptors (Lipinski definition) is 2. The first-order valence-corrected chi connectivity index (χ1v) is 7.02. The number of nitrogens with zero attached hydrogens (tertiary/aromatic N) is 1. The topological polar surface area (TPSA) is 15.3 Å². The van der Waals surface area contributed by atoms with Gasteiger partial charge in [-0.2, -0.15) is 0 Å².